The monoisotopic (exact) mass is 228 g/mol. The molecular formula is C13H28N2O. The van der Waals surface area contributed by atoms with Crippen LogP contribution in [0.15, 0.2) is 0 Å². The van der Waals surface area contributed by atoms with Gasteiger partial charge in [0.05, 0.1) is 6.61 Å². The van der Waals surface area contributed by atoms with Crippen molar-refractivity contribution in [1.29, 1.82) is 0 Å². The largest absolute Gasteiger partial charge is 0.380 e. The first-order valence-corrected chi connectivity index (χ1v) is 6.65. The van der Waals surface area contributed by atoms with E-state index in [0.717, 1.165) is 38.8 Å². The van der Waals surface area contributed by atoms with Crippen molar-refractivity contribution in [3.8, 4) is 0 Å². The molecule has 0 bridgehead atoms. The van der Waals surface area contributed by atoms with Crippen LogP contribution in [0.1, 0.15) is 34.1 Å². The standard InChI is InChI=1S/C13H28N2O/c1-11(2)5-7-16-8-6-15-12(3)9-14-10-13(15)4/h11-14H,5-10H2,1-4H3. The number of nitrogens with one attached hydrogen (secondary N) is 1. The first kappa shape index (κ1) is 13.9. The van der Waals surface area contributed by atoms with Crippen molar-refractivity contribution >= 4 is 0 Å². The normalized spacial score (nSPS) is 27.6. The second-order valence-electron chi connectivity index (χ2n) is 5.39. The number of nitrogens with zero attached hydrogens (tertiary/aromatic N) is 1. The number of ether oxygens (including phenoxy) is 1. The van der Waals surface area contributed by atoms with Crippen LogP contribution >= 0.6 is 0 Å². The van der Waals surface area contributed by atoms with Gasteiger partial charge in [0.15, 0.2) is 0 Å². The first-order valence-electron chi connectivity index (χ1n) is 6.65. The number of hydrogen-bond acceptors (Lipinski definition) is 3. The van der Waals surface area contributed by atoms with E-state index in [1.165, 1.54) is 6.42 Å². The van der Waals surface area contributed by atoms with Crippen LogP contribution in [-0.2, 0) is 4.74 Å². The van der Waals surface area contributed by atoms with E-state index in [-0.39, 0.29) is 0 Å². The summed E-state index contributed by atoms with van der Waals surface area (Å²) in [6.45, 7) is 14.1. The Bertz CT molecular complexity index is 175. The van der Waals surface area contributed by atoms with Gasteiger partial charge in [0.25, 0.3) is 0 Å². The highest BCUT2D eigenvalue weighted by Crippen LogP contribution is 2.09. The minimum absolute atomic E-state index is 0.637. The van der Waals surface area contributed by atoms with Gasteiger partial charge in [-0.2, -0.15) is 0 Å². The Balaban J connectivity index is 2.10. The van der Waals surface area contributed by atoms with Gasteiger partial charge in [0, 0.05) is 38.3 Å². The minimum Gasteiger partial charge on any atom is -0.380 e. The van der Waals surface area contributed by atoms with Crippen molar-refractivity contribution in [2.45, 2.75) is 46.2 Å². The number of rotatable bonds is 6. The van der Waals surface area contributed by atoms with Crippen molar-refractivity contribution in [3.63, 3.8) is 0 Å². The van der Waals surface area contributed by atoms with Gasteiger partial charge in [-0.25, -0.2) is 0 Å². The molecule has 0 amide bonds. The summed E-state index contributed by atoms with van der Waals surface area (Å²) in [5.74, 6) is 0.747. The van der Waals surface area contributed by atoms with Crippen LogP contribution < -0.4 is 5.32 Å². The van der Waals surface area contributed by atoms with Crippen LogP contribution in [0.5, 0.6) is 0 Å². The van der Waals surface area contributed by atoms with E-state index < -0.39 is 0 Å². The Kier molecular flexibility index (Phi) is 6.32. The Labute approximate surface area is 101 Å². The second-order valence-corrected chi connectivity index (χ2v) is 5.39. The lowest BCUT2D eigenvalue weighted by Gasteiger charge is -2.39. The van der Waals surface area contributed by atoms with E-state index in [0.29, 0.717) is 12.1 Å². The molecule has 0 aromatic carbocycles. The Morgan fingerprint density at radius 2 is 1.81 bits per heavy atom. The molecule has 0 spiro atoms. The summed E-state index contributed by atoms with van der Waals surface area (Å²) in [7, 11) is 0. The summed E-state index contributed by atoms with van der Waals surface area (Å²) in [6.07, 6.45) is 1.17. The maximum absolute atomic E-state index is 5.68. The lowest BCUT2D eigenvalue weighted by atomic mass is 10.1. The molecule has 2 atom stereocenters. The highest BCUT2D eigenvalue weighted by molar-refractivity contribution is 4.82. The van der Waals surface area contributed by atoms with Gasteiger partial charge >= 0.3 is 0 Å². The quantitative estimate of drug-likeness (QED) is 0.701. The van der Waals surface area contributed by atoms with E-state index in [2.05, 4.69) is 37.9 Å². The molecule has 1 aliphatic heterocycles. The maximum Gasteiger partial charge on any atom is 0.0593 e. The first-order chi connectivity index (χ1) is 7.61. The Morgan fingerprint density at radius 3 is 2.38 bits per heavy atom. The van der Waals surface area contributed by atoms with Crippen LogP contribution in [0.25, 0.3) is 0 Å². The molecule has 1 saturated heterocycles. The van der Waals surface area contributed by atoms with Crippen LogP contribution in [0.3, 0.4) is 0 Å². The number of hydrogen-bond donors (Lipinski definition) is 1. The van der Waals surface area contributed by atoms with Crippen molar-refractivity contribution in [2.75, 3.05) is 32.8 Å². The smallest absolute Gasteiger partial charge is 0.0593 e. The molecule has 1 fully saturated rings. The molecule has 0 radical (unpaired) electrons. The van der Waals surface area contributed by atoms with Gasteiger partial charge in [-0.05, 0) is 26.2 Å². The fraction of sp³-hybridized carbons (Fsp3) is 1.00. The molecule has 1 aliphatic rings. The van der Waals surface area contributed by atoms with E-state index in [1.807, 2.05) is 0 Å². The van der Waals surface area contributed by atoms with Crippen molar-refractivity contribution in [1.82, 2.24) is 10.2 Å². The van der Waals surface area contributed by atoms with E-state index in [9.17, 15) is 0 Å². The highest BCUT2D eigenvalue weighted by atomic mass is 16.5. The predicted molar refractivity (Wildman–Crippen MR) is 68.8 cm³/mol. The van der Waals surface area contributed by atoms with Crippen molar-refractivity contribution < 1.29 is 4.74 Å². The summed E-state index contributed by atoms with van der Waals surface area (Å²) in [4.78, 5) is 2.55. The van der Waals surface area contributed by atoms with Crippen LogP contribution in [0, 0.1) is 5.92 Å². The highest BCUT2D eigenvalue weighted by Gasteiger charge is 2.23. The fourth-order valence-electron chi connectivity index (χ4n) is 2.20. The third-order valence-corrected chi connectivity index (χ3v) is 3.35. The van der Waals surface area contributed by atoms with Crippen LogP contribution in [-0.4, -0.2) is 49.8 Å². The van der Waals surface area contributed by atoms with Crippen molar-refractivity contribution in [3.05, 3.63) is 0 Å². The molecule has 96 valence electrons. The van der Waals surface area contributed by atoms with Crippen LogP contribution in [0.2, 0.25) is 0 Å². The lowest BCUT2D eigenvalue weighted by Crippen LogP contribution is -2.55. The third kappa shape index (κ3) is 4.81. The summed E-state index contributed by atoms with van der Waals surface area (Å²) in [5, 5.41) is 3.45. The minimum atomic E-state index is 0.637. The molecule has 16 heavy (non-hydrogen) atoms. The van der Waals surface area contributed by atoms with Gasteiger partial charge in [0.1, 0.15) is 0 Å². The lowest BCUT2D eigenvalue weighted by molar-refractivity contribution is 0.0532. The van der Waals surface area contributed by atoms with Crippen LogP contribution in [0.4, 0.5) is 0 Å². The molecule has 0 aromatic heterocycles. The van der Waals surface area contributed by atoms with E-state index in [4.69, 9.17) is 4.74 Å². The molecule has 3 nitrogen and oxygen atoms in total. The van der Waals surface area contributed by atoms with Gasteiger partial charge in [0.2, 0.25) is 0 Å². The second kappa shape index (κ2) is 7.25. The predicted octanol–water partition coefficient (Wildman–Crippen LogP) is 1.73. The van der Waals surface area contributed by atoms with Gasteiger partial charge < -0.3 is 10.1 Å². The summed E-state index contributed by atoms with van der Waals surface area (Å²) < 4.78 is 5.68. The van der Waals surface area contributed by atoms with E-state index in [1.54, 1.807) is 0 Å². The number of piperazine rings is 1. The summed E-state index contributed by atoms with van der Waals surface area (Å²) in [5.41, 5.74) is 0. The molecule has 3 heteroatoms. The third-order valence-electron chi connectivity index (χ3n) is 3.35. The topological polar surface area (TPSA) is 24.5 Å². The average Bonchev–Trinajstić information content (AvgIpc) is 2.21. The van der Waals surface area contributed by atoms with Gasteiger partial charge in [-0.3, -0.25) is 4.90 Å². The molecule has 0 aliphatic carbocycles. The summed E-state index contributed by atoms with van der Waals surface area (Å²) in [6, 6.07) is 1.27. The molecule has 1 heterocycles. The molecule has 0 aromatic rings. The maximum atomic E-state index is 5.68. The van der Waals surface area contributed by atoms with Gasteiger partial charge in [-0.1, -0.05) is 13.8 Å². The molecule has 2 unspecified atom stereocenters. The Morgan fingerprint density at radius 1 is 1.19 bits per heavy atom. The zero-order chi connectivity index (χ0) is 12.0. The molecule has 0 saturated carbocycles. The zero-order valence-corrected chi connectivity index (χ0v) is 11.3. The molecule has 1 N–H and O–H groups in total. The SMILES string of the molecule is CC(C)CCOCCN1C(C)CNCC1C. The zero-order valence-electron chi connectivity index (χ0n) is 11.3. The van der Waals surface area contributed by atoms with E-state index >= 15 is 0 Å². The Hall–Kier alpha value is -0.120. The average molecular weight is 228 g/mol. The molecule has 1 rings (SSSR count). The molecular weight excluding hydrogens is 200 g/mol. The summed E-state index contributed by atoms with van der Waals surface area (Å²) >= 11 is 0. The fourth-order valence-corrected chi connectivity index (χ4v) is 2.20. The van der Waals surface area contributed by atoms with Crippen molar-refractivity contribution in [2.24, 2.45) is 5.92 Å². The van der Waals surface area contributed by atoms with Gasteiger partial charge in [-0.15, -0.1) is 0 Å².